The zero-order valence-corrected chi connectivity index (χ0v) is 9.56. The Kier molecular flexibility index (Phi) is 2.43. The van der Waals surface area contributed by atoms with Crippen molar-refractivity contribution < 1.29 is 0 Å². The highest BCUT2D eigenvalue weighted by Gasteiger charge is 2.20. The summed E-state index contributed by atoms with van der Waals surface area (Å²) in [6.45, 7) is 7.27. The van der Waals surface area contributed by atoms with Gasteiger partial charge in [0, 0.05) is 25.2 Å². The average molecular weight is 244 g/mol. The fraction of sp³-hybridized carbons (Fsp3) is 0.667. The summed E-state index contributed by atoms with van der Waals surface area (Å²) < 4.78 is 3.22. The van der Waals surface area contributed by atoms with Crippen molar-refractivity contribution in [2.75, 3.05) is 0 Å². The van der Waals surface area contributed by atoms with Crippen LogP contribution in [0.1, 0.15) is 25.1 Å². The second-order valence-electron chi connectivity index (χ2n) is 3.90. The molecule has 0 spiro atoms. The number of hydrogen-bond donors (Lipinski definition) is 1. The largest absolute Gasteiger partial charge is 0.307 e. The van der Waals surface area contributed by atoms with Crippen LogP contribution in [0, 0.1) is 5.92 Å². The summed E-state index contributed by atoms with van der Waals surface area (Å²) in [4.78, 5) is 0. The quantitative estimate of drug-likeness (QED) is 0.861. The van der Waals surface area contributed by atoms with E-state index in [4.69, 9.17) is 0 Å². The van der Waals surface area contributed by atoms with E-state index in [0.29, 0.717) is 5.92 Å². The van der Waals surface area contributed by atoms with Gasteiger partial charge in [-0.25, -0.2) is 0 Å². The van der Waals surface area contributed by atoms with Crippen molar-refractivity contribution in [3.8, 4) is 0 Å². The van der Waals surface area contributed by atoms with Gasteiger partial charge in [0.25, 0.3) is 0 Å². The molecule has 0 saturated heterocycles. The van der Waals surface area contributed by atoms with Crippen molar-refractivity contribution in [1.29, 1.82) is 0 Å². The van der Waals surface area contributed by atoms with Crippen LogP contribution in [0.5, 0.6) is 0 Å². The summed E-state index contributed by atoms with van der Waals surface area (Å²) in [5.74, 6) is 0.643. The Morgan fingerprint density at radius 3 is 2.92 bits per heavy atom. The molecule has 72 valence electrons. The van der Waals surface area contributed by atoms with Crippen LogP contribution in [0.3, 0.4) is 0 Å². The second-order valence-corrected chi connectivity index (χ2v) is 4.65. The van der Waals surface area contributed by atoms with Crippen LogP contribution in [-0.2, 0) is 19.6 Å². The highest BCUT2D eigenvalue weighted by atomic mass is 79.9. The molecule has 0 aliphatic carbocycles. The molecular weight excluding hydrogens is 230 g/mol. The Labute approximate surface area is 86.6 Å². The number of rotatable bonds is 2. The van der Waals surface area contributed by atoms with Gasteiger partial charge in [0.15, 0.2) is 0 Å². The van der Waals surface area contributed by atoms with E-state index in [1.54, 1.807) is 0 Å². The molecule has 0 unspecified atom stereocenters. The fourth-order valence-electron chi connectivity index (χ4n) is 1.61. The molecule has 3 nitrogen and oxygen atoms in total. The molecule has 1 aliphatic rings. The van der Waals surface area contributed by atoms with Crippen molar-refractivity contribution in [3.63, 3.8) is 0 Å². The van der Waals surface area contributed by atoms with Crippen molar-refractivity contribution in [2.45, 2.75) is 33.5 Å². The van der Waals surface area contributed by atoms with Crippen LogP contribution in [0.4, 0.5) is 0 Å². The summed E-state index contributed by atoms with van der Waals surface area (Å²) >= 11 is 3.59. The van der Waals surface area contributed by atoms with Gasteiger partial charge in [-0.2, -0.15) is 5.10 Å². The molecule has 2 heterocycles. The molecule has 1 aliphatic heterocycles. The first kappa shape index (κ1) is 9.21. The molecule has 4 heteroatoms. The van der Waals surface area contributed by atoms with E-state index in [-0.39, 0.29) is 0 Å². The van der Waals surface area contributed by atoms with Crippen molar-refractivity contribution in [1.82, 2.24) is 15.1 Å². The molecule has 2 rings (SSSR count). The van der Waals surface area contributed by atoms with Crippen molar-refractivity contribution in [2.24, 2.45) is 5.92 Å². The summed E-state index contributed by atoms with van der Waals surface area (Å²) in [6.07, 6.45) is 0. The van der Waals surface area contributed by atoms with Crippen molar-refractivity contribution >= 4 is 15.9 Å². The Morgan fingerprint density at radius 1 is 1.54 bits per heavy atom. The van der Waals surface area contributed by atoms with Gasteiger partial charge in [-0.3, -0.25) is 4.68 Å². The number of aromatic nitrogens is 2. The van der Waals surface area contributed by atoms with Crippen LogP contribution < -0.4 is 5.32 Å². The molecular formula is C9H14BrN3. The van der Waals surface area contributed by atoms with Crippen LogP contribution in [0.2, 0.25) is 0 Å². The minimum Gasteiger partial charge on any atom is -0.307 e. The zero-order valence-electron chi connectivity index (χ0n) is 7.97. The highest BCUT2D eigenvalue weighted by Crippen LogP contribution is 2.24. The van der Waals surface area contributed by atoms with Gasteiger partial charge in [0.2, 0.25) is 0 Å². The third-order valence-electron chi connectivity index (χ3n) is 2.20. The first-order chi connectivity index (χ1) is 6.18. The monoisotopic (exact) mass is 243 g/mol. The number of nitrogens with zero attached hydrogens (tertiary/aromatic N) is 2. The van der Waals surface area contributed by atoms with Gasteiger partial charge in [-0.15, -0.1) is 0 Å². The lowest BCUT2D eigenvalue weighted by atomic mass is 10.2. The molecule has 1 N–H and O–H groups in total. The van der Waals surface area contributed by atoms with Gasteiger partial charge in [-0.1, -0.05) is 13.8 Å². The minimum absolute atomic E-state index is 0.643. The molecule has 0 radical (unpaired) electrons. The minimum atomic E-state index is 0.643. The van der Waals surface area contributed by atoms with Crippen molar-refractivity contribution in [3.05, 3.63) is 15.9 Å². The van der Waals surface area contributed by atoms with Gasteiger partial charge >= 0.3 is 0 Å². The lowest BCUT2D eigenvalue weighted by Gasteiger charge is -2.06. The van der Waals surface area contributed by atoms with E-state index in [1.807, 2.05) is 0 Å². The van der Waals surface area contributed by atoms with E-state index < -0.39 is 0 Å². The molecule has 0 fully saturated rings. The van der Waals surface area contributed by atoms with Crippen LogP contribution in [0.25, 0.3) is 0 Å². The highest BCUT2D eigenvalue weighted by molar-refractivity contribution is 9.10. The summed E-state index contributed by atoms with van der Waals surface area (Å²) in [7, 11) is 0. The van der Waals surface area contributed by atoms with E-state index in [1.165, 1.54) is 11.3 Å². The number of halogens is 1. The molecule has 1 aromatic rings. The van der Waals surface area contributed by atoms with Crippen LogP contribution >= 0.6 is 15.9 Å². The molecule has 13 heavy (non-hydrogen) atoms. The zero-order chi connectivity index (χ0) is 9.42. The van der Waals surface area contributed by atoms with Gasteiger partial charge in [0.05, 0.1) is 5.69 Å². The Morgan fingerprint density at radius 2 is 2.31 bits per heavy atom. The van der Waals surface area contributed by atoms with Gasteiger partial charge in [0.1, 0.15) is 4.60 Å². The third kappa shape index (κ3) is 1.65. The van der Waals surface area contributed by atoms with E-state index in [9.17, 15) is 0 Å². The smallest absolute Gasteiger partial charge is 0.108 e. The van der Waals surface area contributed by atoms with E-state index in [0.717, 1.165) is 24.2 Å². The molecule has 1 aromatic heterocycles. The van der Waals surface area contributed by atoms with Crippen LogP contribution in [0.15, 0.2) is 4.60 Å². The maximum absolute atomic E-state index is 4.54. The molecule has 0 aromatic carbocycles. The van der Waals surface area contributed by atoms with E-state index in [2.05, 4.69) is 44.9 Å². The van der Waals surface area contributed by atoms with Crippen LogP contribution in [-0.4, -0.2) is 9.78 Å². The molecule has 0 saturated carbocycles. The summed E-state index contributed by atoms with van der Waals surface area (Å²) in [6, 6.07) is 0. The lowest BCUT2D eigenvalue weighted by Crippen LogP contribution is -2.10. The van der Waals surface area contributed by atoms with E-state index >= 15 is 0 Å². The Hall–Kier alpha value is -0.350. The summed E-state index contributed by atoms with van der Waals surface area (Å²) in [5.41, 5.74) is 2.54. The lowest BCUT2D eigenvalue weighted by molar-refractivity contribution is 0.469. The molecule has 0 bridgehead atoms. The molecule has 0 atom stereocenters. The maximum Gasteiger partial charge on any atom is 0.108 e. The van der Waals surface area contributed by atoms with Gasteiger partial charge in [-0.05, 0) is 21.8 Å². The maximum atomic E-state index is 4.54. The third-order valence-corrected chi connectivity index (χ3v) is 3.09. The predicted molar refractivity (Wildman–Crippen MR) is 55.3 cm³/mol. The number of nitrogens with one attached hydrogen (secondary N) is 1. The first-order valence-corrected chi connectivity index (χ1v) is 5.42. The Balaban J connectivity index is 2.28. The second kappa shape index (κ2) is 3.42. The standard InChI is InChI=1S/C9H14BrN3/c1-6(2)5-13-9(10)7-3-11-4-8(7)12-13/h6,11H,3-5H2,1-2H3. The predicted octanol–water partition coefficient (Wildman–Crippen LogP) is 1.90. The van der Waals surface area contributed by atoms with Gasteiger partial charge < -0.3 is 5.32 Å². The fourth-order valence-corrected chi connectivity index (χ4v) is 2.21. The Bertz CT molecular complexity index is 317. The topological polar surface area (TPSA) is 29.9 Å². The summed E-state index contributed by atoms with van der Waals surface area (Å²) in [5, 5.41) is 7.82. The molecule has 0 amide bonds. The number of fused-ring (bicyclic) bond motifs is 1. The average Bonchev–Trinajstić information content (AvgIpc) is 2.56. The SMILES string of the molecule is CC(C)Cn1nc2c(c1Br)CNC2. The first-order valence-electron chi connectivity index (χ1n) is 4.63. The number of hydrogen-bond acceptors (Lipinski definition) is 2. The normalized spacial score (nSPS) is 15.4.